The fourth-order valence-corrected chi connectivity index (χ4v) is 3.43. The number of nitrogen functional groups attached to an aromatic ring is 1. The number of methoxy groups -OCH3 is 1. The Hall–Kier alpha value is -2.69. The standard InChI is InChI=1S/C21H24N2O3/c1-25-19-8-7-15(9-20(19)26-13-14-5-6-14)16-10-21(24)23(12-16)18-4-2-3-17(22)11-18/h2-4,7-9,11,14,16H,5-6,10,12-13,22H2,1H3/t16-/m0/s1. The molecule has 2 aromatic rings. The summed E-state index contributed by atoms with van der Waals surface area (Å²) in [6.45, 7) is 1.38. The Balaban J connectivity index is 1.53. The number of hydrogen-bond donors (Lipinski definition) is 1. The number of anilines is 2. The van der Waals surface area contributed by atoms with Gasteiger partial charge in [-0.3, -0.25) is 4.79 Å². The molecule has 0 aromatic heterocycles. The van der Waals surface area contributed by atoms with Crippen molar-refractivity contribution in [2.24, 2.45) is 5.92 Å². The summed E-state index contributed by atoms with van der Waals surface area (Å²) in [6.07, 6.45) is 2.98. The van der Waals surface area contributed by atoms with Gasteiger partial charge in [-0.2, -0.15) is 0 Å². The summed E-state index contributed by atoms with van der Waals surface area (Å²) >= 11 is 0. The minimum absolute atomic E-state index is 0.122. The molecule has 1 amide bonds. The van der Waals surface area contributed by atoms with Crippen molar-refractivity contribution in [3.05, 3.63) is 48.0 Å². The van der Waals surface area contributed by atoms with Crippen molar-refractivity contribution in [3.63, 3.8) is 0 Å². The van der Waals surface area contributed by atoms with Gasteiger partial charge in [0.15, 0.2) is 11.5 Å². The van der Waals surface area contributed by atoms with E-state index >= 15 is 0 Å². The lowest BCUT2D eigenvalue weighted by atomic mass is 9.98. The van der Waals surface area contributed by atoms with Gasteiger partial charge in [0.2, 0.25) is 5.91 Å². The average molecular weight is 352 g/mol. The molecule has 1 saturated carbocycles. The Kier molecular flexibility index (Phi) is 4.45. The summed E-state index contributed by atoms with van der Waals surface area (Å²) in [5.41, 5.74) is 8.49. The second-order valence-corrected chi connectivity index (χ2v) is 7.17. The van der Waals surface area contributed by atoms with Gasteiger partial charge in [0.1, 0.15) is 0 Å². The Morgan fingerprint density at radius 3 is 2.73 bits per heavy atom. The molecular weight excluding hydrogens is 328 g/mol. The van der Waals surface area contributed by atoms with Crippen LogP contribution in [-0.2, 0) is 4.79 Å². The predicted octanol–water partition coefficient (Wildman–Crippen LogP) is 3.59. The van der Waals surface area contributed by atoms with E-state index in [2.05, 4.69) is 0 Å². The molecule has 2 N–H and O–H groups in total. The zero-order valence-electron chi connectivity index (χ0n) is 15.0. The molecule has 26 heavy (non-hydrogen) atoms. The van der Waals surface area contributed by atoms with E-state index in [1.54, 1.807) is 7.11 Å². The van der Waals surface area contributed by atoms with Crippen LogP contribution in [0.5, 0.6) is 11.5 Å². The molecular formula is C21H24N2O3. The maximum absolute atomic E-state index is 12.5. The van der Waals surface area contributed by atoms with E-state index in [4.69, 9.17) is 15.2 Å². The van der Waals surface area contributed by atoms with E-state index in [0.717, 1.165) is 29.4 Å². The van der Waals surface area contributed by atoms with Crippen molar-refractivity contribution in [1.29, 1.82) is 0 Å². The summed E-state index contributed by atoms with van der Waals surface area (Å²) in [7, 11) is 1.65. The van der Waals surface area contributed by atoms with Crippen molar-refractivity contribution >= 4 is 17.3 Å². The number of carbonyl (C=O) groups is 1. The zero-order valence-corrected chi connectivity index (χ0v) is 15.0. The topological polar surface area (TPSA) is 64.8 Å². The number of ether oxygens (including phenoxy) is 2. The number of nitrogens with two attached hydrogens (primary N) is 1. The molecule has 2 aromatic carbocycles. The van der Waals surface area contributed by atoms with Gasteiger partial charge in [0.05, 0.1) is 13.7 Å². The van der Waals surface area contributed by atoms with Crippen LogP contribution >= 0.6 is 0 Å². The predicted molar refractivity (Wildman–Crippen MR) is 102 cm³/mol. The first-order chi connectivity index (χ1) is 12.6. The maximum Gasteiger partial charge on any atom is 0.227 e. The average Bonchev–Trinajstić information content (AvgIpc) is 3.40. The van der Waals surface area contributed by atoms with Crippen LogP contribution in [0.3, 0.4) is 0 Å². The summed E-state index contributed by atoms with van der Waals surface area (Å²) in [4.78, 5) is 14.3. The van der Waals surface area contributed by atoms with E-state index in [1.807, 2.05) is 47.4 Å². The first kappa shape index (κ1) is 16.8. The van der Waals surface area contributed by atoms with Gasteiger partial charge in [0, 0.05) is 30.3 Å². The van der Waals surface area contributed by atoms with Gasteiger partial charge in [-0.25, -0.2) is 0 Å². The fourth-order valence-electron chi connectivity index (χ4n) is 3.43. The molecule has 0 bridgehead atoms. The lowest BCUT2D eigenvalue weighted by Gasteiger charge is -2.18. The molecule has 1 atom stereocenters. The Morgan fingerprint density at radius 2 is 2.00 bits per heavy atom. The molecule has 4 rings (SSSR count). The van der Waals surface area contributed by atoms with Crippen LogP contribution in [0.4, 0.5) is 11.4 Å². The van der Waals surface area contributed by atoms with Crippen molar-refractivity contribution in [2.45, 2.75) is 25.2 Å². The highest BCUT2D eigenvalue weighted by molar-refractivity contribution is 5.96. The van der Waals surface area contributed by atoms with E-state index in [9.17, 15) is 4.79 Å². The smallest absolute Gasteiger partial charge is 0.227 e. The second kappa shape index (κ2) is 6.90. The Morgan fingerprint density at radius 1 is 1.15 bits per heavy atom. The van der Waals surface area contributed by atoms with Gasteiger partial charge < -0.3 is 20.1 Å². The van der Waals surface area contributed by atoms with E-state index in [0.29, 0.717) is 24.6 Å². The van der Waals surface area contributed by atoms with Crippen molar-refractivity contribution < 1.29 is 14.3 Å². The molecule has 1 heterocycles. The molecule has 136 valence electrons. The minimum Gasteiger partial charge on any atom is -0.493 e. The van der Waals surface area contributed by atoms with Gasteiger partial charge in [0.25, 0.3) is 0 Å². The molecule has 5 heteroatoms. The molecule has 2 fully saturated rings. The summed E-state index contributed by atoms with van der Waals surface area (Å²) in [6, 6.07) is 13.5. The van der Waals surface area contributed by atoms with E-state index in [1.165, 1.54) is 12.8 Å². The minimum atomic E-state index is 0.122. The maximum atomic E-state index is 12.5. The third-order valence-corrected chi connectivity index (χ3v) is 5.14. The molecule has 2 aliphatic rings. The number of carbonyl (C=O) groups excluding carboxylic acids is 1. The van der Waals surface area contributed by atoms with Crippen LogP contribution in [0.1, 0.15) is 30.7 Å². The molecule has 0 spiro atoms. The summed E-state index contributed by atoms with van der Waals surface area (Å²) in [5.74, 6) is 2.45. The quantitative estimate of drug-likeness (QED) is 0.807. The molecule has 1 aliphatic heterocycles. The monoisotopic (exact) mass is 352 g/mol. The Labute approximate surface area is 153 Å². The van der Waals surface area contributed by atoms with Crippen LogP contribution in [0, 0.1) is 5.92 Å². The normalized spacial score (nSPS) is 19.7. The first-order valence-corrected chi connectivity index (χ1v) is 9.10. The number of rotatable bonds is 6. The molecule has 5 nitrogen and oxygen atoms in total. The third-order valence-electron chi connectivity index (χ3n) is 5.14. The van der Waals surface area contributed by atoms with E-state index in [-0.39, 0.29) is 11.8 Å². The highest BCUT2D eigenvalue weighted by Crippen LogP contribution is 2.38. The lowest BCUT2D eigenvalue weighted by molar-refractivity contribution is -0.117. The van der Waals surface area contributed by atoms with E-state index < -0.39 is 0 Å². The van der Waals surface area contributed by atoms with Gasteiger partial charge >= 0.3 is 0 Å². The van der Waals surface area contributed by atoms with Crippen LogP contribution in [-0.4, -0.2) is 26.2 Å². The van der Waals surface area contributed by atoms with Crippen LogP contribution in [0.2, 0.25) is 0 Å². The van der Waals surface area contributed by atoms with Crippen molar-refractivity contribution in [1.82, 2.24) is 0 Å². The molecule has 0 unspecified atom stereocenters. The lowest BCUT2D eigenvalue weighted by Crippen LogP contribution is -2.24. The largest absolute Gasteiger partial charge is 0.493 e. The van der Waals surface area contributed by atoms with Gasteiger partial charge in [-0.05, 0) is 54.7 Å². The zero-order chi connectivity index (χ0) is 18.1. The number of nitrogens with zero attached hydrogens (tertiary/aromatic N) is 1. The first-order valence-electron chi connectivity index (χ1n) is 9.10. The SMILES string of the molecule is COc1ccc([C@H]2CC(=O)N(c3cccc(N)c3)C2)cc1OCC1CC1. The highest BCUT2D eigenvalue weighted by Gasteiger charge is 2.32. The molecule has 0 radical (unpaired) electrons. The third kappa shape index (κ3) is 3.47. The van der Waals surface area contributed by atoms with Crippen molar-refractivity contribution in [2.75, 3.05) is 30.9 Å². The summed E-state index contributed by atoms with van der Waals surface area (Å²) in [5, 5.41) is 0. The van der Waals surface area contributed by atoms with Crippen LogP contribution < -0.4 is 20.1 Å². The molecule has 1 saturated heterocycles. The van der Waals surface area contributed by atoms with Crippen LogP contribution in [0.15, 0.2) is 42.5 Å². The van der Waals surface area contributed by atoms with Crippen molar-refractivity contribution in [3.8, 4) is 11.5 Å². The second-order valence-electron chi connectivity index (χ2n) is 7.17. The Bertz CT molecular complexity index is 817. The number of amides is 1. The van der Waals surface area contributed by atoms with Crippen LogP contribution in [0.25, 0.3) is 0 Å². The fraction of sp³-hybridized carbons (Fsp3) is 0.381. The highest BCUT2D eigenvalue weighted by atomic mass is 16.5. The number of hydrogen-bond acceptors (Lipinski definition) is 4. The number of benzene rings is 2. The summed E-state index contributed by atoms with van der Waals surface area (Å²) < 4.78 is 11.4. The van der Waals surface area contributed by atoms with Gasteiger partial charge in [-0.15, -0.1) is 0 Å². The van der Waals surface area contributed by atoms with Gasteiger partial charge in [-0.1, -0.05) is 12.1 Å². The molecule has 1 aliphatic carbocycles.